The highest BCUT2D eigenvalue weighted by molar-refractivity contribution is 7.84. The van der Waals surface area contributed by atoms with Crippen LogP contribution in [0.5, 0.6) is 0 Å². The van der Waals surface area contributed by atoms with Crippen LogP contribution in [0.2, 0.25) is 0 Å². The Hall–Kier alpha value is -0.660. The molecular formula is C8H17NO5S. The predicted molar refractivity (Wildman–Crippen MR) is 54.2 cm³/mol. The predicted octanol–water partition coefficient (Wildman–Crippen LogP) is 0.330. The van der Waals surface area contributed by atoms with Crippen molar-refractivity contribution in [2.45, 2.75) is 32.1 Å². The highest BCUT2D eigenvalue weighted by atomic mass is 32.2. The van der Waals surface area contributed by atoms with E-state index in [0.717, 1.165) is 19.3 Å². The zero-order chi connectivity index (χ0) is 11.7. The molecule has 0 radical (unpaired) electrons. The second kappa shape index (κ2) is 7.61. The van der Waals surface area contributed by atoms with Gasteiger partial charge in [-0.15, -0.1) is 0 Å². The van der Waals surface area contributed by atoms with Gasteiger partial charge in [-0.2, -0.15) is 8.42 Å². The summed E-state index contributed by atoms with van der Waals surface area (Å²) < 4.78 is 29.5. The van der Waals surface area contributed by atoms with Gasteiger partial charge >= 0.3 is 16.3 Å². The molecule has 0 rings (SSSR count). The fourth-order valence-electron chi connectivity index (χ4n) is 1.00. The van der Waals surface area contributed by atoms with E-state index in [9.17, 15) is 13.2 Å². The molecule has 0 aliphatic carbocycles. The van der Waals surface area contributed by atoms with E-state index in [2.05, 4.69) is 14.1 Å². The second-order valence-corrected chi connectivity index (χ2v) is 4.28. The lowest BCUT2D eigenvalue weighted by atomic mass is 10.1. The van der Waals surface area contributed by atoms with Crippen LogP contribution >= 0.6 is 0 Å². The molecule has 0 bridgehead atoms. The number of methoxy groups -OCH3 is 1. The van der Waals surface area contributed by atoms with Gasteiger partial charge in [0.1, 0.15) is 0 Å². The third kappa shape index (κ3) is 11.3. The fourth-order valence-corrected chi connectivity index (χ4v) is 1.35. The van der Waals surface area contributed by atoms with E-state index in [1.165, 1.54) is 7.11 Å². The zero-order valence-corrected chi connectivity index (χ0v) is 9.59. The first-order chi connectivity index (χ1) is 6.95. The van der Waals surface area contributed by atoms with E-state index in [4.69, 9.17) is 0 Å². The minimum absolute atomic E-state index is 0.0943. The molecule has 2 N–H and O–H groups in total. The van der Waals surface area contributed by atoms with E-state index in [1.807, 2.05) is 0 Å². The van der Waals surface area contributed by atoms with Gasteiger partial charge in [-0.3, -0.25) is 8.98 Å². The normalized spacial score (nSPS) is 11.3. The quantitative estimate of drug-likeness (QED) is 0.486. The number of rotatable bonds is 8. The molecule has 0 aliphatic rings. The van der Waals surface area contributed by atoms with Gasteiger partial charge in [-0.05, 0) is 12.8 Å². The van der Waals surface area contributed by atoms with E-state index >= 15 is 0 Å². The maximum atomic E-state index is 10.7. The summed E-state index contributed by atoms with van der Waals surface area (Å²) in [5.41, 5.74) is 0. The van der Waals surface area contributed by atoms with Crippen LogP contribution in [0, 0.1) is 0 Å². The number of hydrogen-bond acceptors (Lipinski definition) is 5. The Morgan fingerprint density at radius 2 is 1.80 bits per heavy atom. The molecule has 0 spiro atoms. The molecule has 0 aliphatic heterocycles. The van der Waals surface area contributed by atoms with E-state index < -0.39 is 10.3 Å². The molecule has 0 fully saturated rings. The highest BCUT2D eigenvalue weighted by Crippen LogP contribution is 2.04. The SMILES string of the molecule is COC(=O)CCCCCCOS(N)(=O)=O. The number of carbonyl (C=O) groups is 1. The molecule has 0 aromatic carbocycles. The van der Waals surface area contributed by atoms with Crippen LogP contribution in [0.3, 0.4) is 0 Å². The van der Waals surface area contributed by atoms with Crippen LogP contribution in [-0.2, 0) is 24.0 Å². The molecule has 90 valence electrons. The minimum atomic E-state index is -3.81. The molecule has 0 aromatic heterocycles. The Kier molecular flexibility index (Phi) is 7.27. The highest BCUT2D eigenvalue weighted by Gasteiger charge is 2.02. The zero-order valence-electron chi connectivity index (χ0n) is 8.77. The smallest absolute Gasteiger partial charge is 0.333 e. The van der Waals surface area contributed by atoms with Gasteiger partial charge in [0.15, 0.2) is 0 Å². The average molecular weight is 239 g/mol. The molecule has 0 amide bonds. The topological polar surface area (TPSA) is 95.7 Å². The van der Waals surface area contributed by atoms with Gasteiger partial charge in [0.2, 0.25) is 0 Å². The molecule has 0 aromatic rings. The fraction of sp³-hybridized carbons (Fsp3) is 0.875. The molecule has 0 unspecified atom stereocenters. The van der Waals surface area contributed by atoms with Crippen LogP contribution in [0.15, 0.2) is 0 Å². The Morgan fingerprint density at radius 3 is 2.33 bits per heavy atom. The Labute approximate surface area is 90.0 Å². The van der Waals surface area contributed by atoms with E-state index in [1.54, 1.807) is 0 Å². The summed E-state index contributed by atoms with van der Waals surface area (Å²) in [4.78, 5) is 10.7. The van der Waals surface area contributed by atoms with Gasteiger partial charge in [0.05, 0.1) is 13.7 Å². The summed E-state index contributed by atoms with van der Waals surface area (Å²) in [7, 11) is -2.46. The van der Waals surface area contributed by atoms with E-state index in [-0.39, 0.29) is 12.6 Å². The number of unbranched alkanes of at least 4 members (excludes halogenated alkanes) is 3. The Balaban J connectivity index is 3.23. The third-order valence-corrected chi connectivity index (χ3v) is 2.25. The van der Waals surface area contributed by atoms with Crippen molar-refractivity contribution >= 4 is 16.3 Å². The molecule has 0 saturated carbocycles. The Morgan fingerprint density at radius 1 is 1.20 bits per heavy atom. The Bertz CT molecular complexity index is 275. The van der Waals surface area contributed by atoms with Crippen LogP contribution in [-0.4, -0.2) is 28.1 Å². The second-order valence-electron chi connectivity index (χ2n) is 3.06. The number of carbonyl (C=O) groups excluding carboxylic acids is 1. The van der Waals surface area contributed by atoms with Gasteiger partial charge in [-0.1, -0.05) is 12.8 Å². The van der Waals surface area contributed by atoms with Crippen molar-refractivity contribution in [2.75, 3.05) is 13.7 Å². The molecule has 6 nitrogen and oxygen atoms in total. The summed E-state index contributed by atoms with van der Waals surface area (Å²) in [5.74, 6) is -0.226. The first-order valence-electron chi connectivity index (χ1n) is 4.69. The maximum absolute atomic E-state index is 10.7. The van der Waals surface area contributed by atoms with Crippen molar-refractivity contribution in [3.05, 3.63) is 0 Å². The number of ether oxygens (including phenoxy) is 1. The monoisotopic (exact) mass is 239 g/mol. The lowest BCUT2D eigenvalue weighted by Gasteiger charge is -2.01. The van der Waals surface area contributed by atoms with Gasteiger partial charge in [0.25, 0.3) is 0 Å². The molecule has 7 heteroatoms. The van der Waals surface area contributed by atoms with Crippen LogP contribution in [0.4, 0.5) is 0 Å². The summed E-state index contributed by atoms with van der Waals surface area (Å²) >= 11 is 0. The van der Waals surface area contributed by atoms with Crippen molar-refractivity contribution in [2.24, 2.45) is 5.14 Å². The van der Waals surface area contributed by atoms with Crippen molar-refractivity contribution in [1.82, 2.24) is 0 Å². The van der Waals surface area contributed by atoms with Gasteiger partial charge in [0, 0.05) is 6.42 Å². The number of hydrogen-bond donors (Lipinski definition) is 1. The van der Waals surface area contributed by atoms with Gasteiger partial charge < -0.3 is 4.74 Å². The average Bonchev–Trinajstić information content (AvgIpc) is 2.14. The van der Waals surface area contributed by atoms with Crippen molar-refractivity contribution in [3.8, 4) is 0 Å². The van der Waals surface area contributed by atoms with Crippen LogP contribution in [0.1, 0.15) is 32.1 Å². The van der Waals surface area contributed by atoms with Crippen molar-refractivity contribution < 1.29 is 22.1 Å². The largest absolute Gasteiger partial charge is 0.469 e. The molecule has 0 saturated heterocycles. The molecule has 15 heavy (non-hydrogen) atoms. The van der Waals surface area contributed by atoms with Crippen LogP contribution in [0.25, 0.3) is 0 Å². The molecular weight excluding hydrogens is 222 g/mol. The van der Waals surface area contributed by atoms with Crippen LogP contribution < -0.4 is 5.14 Å². The summed E-state index contributed by atoms with van der Waals surface area (Å²) in [6, 6.07) is 0. The molecule has 0 atom stereocenters. The summed E-state index contributed by atoms with van der Waals surface area (Å²) in [6.45, 7) is 0.0943. The third-order valence-electron chi connectivity index (χ3n) is 1.75. The number of nitrogens with two attached hydrogens (primary N) is 1. The summed E-state index contributed by atoms with van der Waals surface area (Å²) in [5, 5.41) is 4.62. The lowest BCUT2D eigenvalue weighted by molar-refractivity contribution is -0.140. The lowest BCUT2D eigenvalue weighted by Crippen LogP contribution is -2.16. The minimum Gasteiger partial charge on any atom is -0.469 e. The van der Waals surface area contributed by atoms with Gasteiger partial charge in [-0.25, -0.2) is 5.14 Å². The van der Waals surface area contributed by atoms with Crippen molar-refractivity contribution in [3.63, 3.8) is 0 Å². The first-order valence-corrected chi connectivity index (χ1v) is 6.17. The van der Waals surface area contributed by atoms with Crippen molar-refractivity contribution in [1.29, 1.82) is 0 Å². The van der Waals surface area contributed by atoms with E-state index in [0.29, 0.717) is 12.8 Å². The molecule has 0 heterocycles. The maximum Gasteiger partial charge on any atom is 0.333 e. The first kappa shape index (κ1) is 14.3. The number of esters is 1. The standard InChI is InChI=1S/C8H17NO5S/c1-13-8(10)6-4-2-3-5-7-14-15(9,11)12/h2-7H2,1H3,(H2,9,11,12). The summed E-state index contributed by atoms with van der Waals surface area (Å²) in [6.07, 6.45) is 3.38.